The van der Waals surface area contributed by atoms with Crippen molar-refractivity contribution in [1.82, 2.24) is 5.32 Å². The number of benzene rings is 1. The van der Waals surface area contributed by atoms with Crippen molar-refractivity contribution in [2.75, 3.05) is 6.54 Å². The second-order valence-corrected chi connectivity index (χ2v) is 5.56. The van der Waals surface area contributed by atoms with E-state index < -0.39 is 0 Å². The predicted octanol–water partition coefficient (Wildman–Crippen LogP) is 4.44. The Morgan fingerprint density at radius 1 is 1.33 bits per heavy atom. The van der Waals surface area contributed by atoms with Crippen LogP contribution in [-0.2, 0) is 6.42 Å². The maximum absolute atomic E-state index is 13.3. The van der Waals surface area contributed by atoms with Crippen LogP contribution in [0.2, 0.25) is 5.02 Å². The molecular weight excluding hydrogens is 249 g/mol. The maximum atomic E-state index is 13.3. The molecule has 0 saturated heterocycles. The zero-order valence-corrected chi connectivity index (χ0v) is 12.2. The van der Waals surface area contributed by atoms with Gasteiger partial charge in [-0.2, -0.15) is 0 Å². The molecule has 1 aromatic rings. The van der Waals surface area contributed by atoms with Gasteiger partial charge in [0, 0.05) is 6.04 Å². The molecule has 0 spiro atoms. The maximum Gasteiger partial charge on any atom is 0.142 e. The first-order chi connectivity index (χ1) is 8.52. The molecule has 0 aliphatic rings. The van der Waals surface area contributed by atoms with E-state index in [2.05, 4.69) is 26.1 Å². The molecule has 0 aliphatic carbocycles. The van der Waals surface area contributed by atoms with E-state index in [-0.39, 0.29) is 10.8 Å². The summed E-state index contributed by atoms with van der Waals surface area (Å²) in [6, 6.07) is 5.60. The minimum atomic E-state index is -0.321. The smallest absolute Gasteiger partial charge is 0.142 e. The minimum absolute atomic E-state index is 0.199. The molecule has 0 aromatic heterocycles. The number of rotatable bonds is 7. The molecule has 0 fully saturated rings. The lowest BCUT2D eigenvalue weighted by atomic mass is 9.95. The Balaban J connectivity index is 2.43. The van der Waals surface area contributed by atoms with E-state index in [4.69, 9.17) is 11.6 Å². The third-order valence-electron chi connectivity index (χ3n) is 3.07. The van der Waals surface area contributed by atoms with Crippen LogP contribution < -0.4 is 5.32 Å². The number of hydrogen-bond acceptors (Lipinski definition) is 1. The van der Waals surface area contributed by atoms with Gasteiger partial charge in [-0.1, -0.05) is 31.5 Å². The van der Waals surface area contributed by atoms with Gasteiger partial charge >= 0.3 is 0 Å². The monoisotopic (exact) mass is 271 g/mol. The van der Waals surface area contributed by atoms with Gasteiger partial charge in [0.25, 0.3) is 0 Å². The van der Waals surface area contributed by atoms with Crippen molar-refractivity contribution in [2.45, 2.75) is 46.1 Å². The SMILES string of the molecule is CCCNC(C)CC(C)Cc1ccc(Cl)c(F)c1. The molecule has 18 heavy (non-hydrogen) atoms. The Labute approximate surface area is 115 Å². The molecule has 0 radical (unpaired) electrons. The van der Waals surface area contributed by atoms with Crippen LogP contribution in [0, 0.1) is 11.7 Å². The van der Waals surface area contributed by atoms with Gasteiger partial charge in [0.1, 0.15) is 5.82 Å². The summed E-state index contributed by atoms with van der Waals surface area (Å²) in [6.07, 6.45) is 3.15. The van der Waals surface area contributed by atoms with Crippen LogP contribution in [0.25, 0.3) is 0 Å². The average molecular weight is 272 g/mol. The van der Waals surface area contributed by atoms with Crippen molar-refractivity contribution >= 4 is 11.6 Å². The van der Waals surface area contributed by atoms with Crippen LogP contribution in [0.5, 0.6) is 0 Å². The van der Waals surface area contributed by atoms with Crippen LogP contribution in [-0.4, -0.2) is 12.6 Å². The molecule has 1 N–H and O–H groups in total. The zero-order valence-electron chi connectivity index (χ0n) is 11.5. The van der Waals surface area contributed by atoms with Gasteiger partial charge in [-0.05, 0) is 56.3 Å². The fourth-order valence-corrected chi connectivity index (χ4v) is 2.35. The van der Waals surface area contributed by atoms with E-state index in [1.165, 1.54) is 0 Å². The highest BCUT2D eigenvalue weighted by Gasteiger charge is 2.10. The van der Waals surface area contributed by atoms with E-state index in [1.807, 2.05) is 6.07 Å². The molecule has 0 saturated carbocycles. The van der Waals surface area contributed by atoms with E-state index in [1.54, 1.807) is 12.1 Å². The summed E-state index contributed by atoms with van der Waals surface area (Å²) in [6.45, 7) is 7.63. The molecule has 102 valence electrons. The molecular formula is C15H23ClFN. The summed E-state index contributed by atoms with van der Waals surface area (Å²) in [7, 11) is 0. The Kier molecular flexibility index (Phi) is 6.66. The van der Waals surface area contributed by atoms with Crippen molar-refractivity contribution in [3.05, 3.63) is 34.6 Å². The molecule has 2 unspecified atom stereocenters. The van der Waals surface area contributed by atoms with Gasteiger partial charge in [-0.3, -0.25) is 0 Å². The number of hydrogen-bond donors (Lipinski definition) is 1. The normalized spacial score (nSPS) is 14.5. The van der Waals surface area contributed by atoms with E-state index in [0.717, 1.165) is 31.4 Å². The summed E-state index contributed by atoms with van der Waals surface area (Å²) in [5.74, 6) is 0.212. The van der Waals surface area contributed by atoms with Crippen LogP contribution in [0.15, 0.2) is 18.2 Å². The fourth-order valence-electron chi connectivity index (χ4n) is 2.23. The summed E-state index contributed by atoms with van der Waals surface area (Å²) in [4.78, 5) is 0. The van der Waals surface area contributed by atoms with Crippen molar-refractivity contribution in [1.29, 1.82) is 0 Å². The highest BCUT2D eigenvalue weighted by atomic mass is 35.5. The molecule has 0 amide bonds. The van der Waals surface area contributed by atoms with E-state index in [0.29, 0.717) is 12.0 Å². The van der Waals surface area contributed by atoms with Crippen LogP contribution in [0.3, 0.4) is 0 Å². The largest absolute Gasteiger partial charge is 0.314 e. The van der Waals surface area contributed by atoms with Crippen LogP contribution >= 0.6 is 11.6 Å². The highest BCUT2D eigenvalue weighted by molar-refractivity contribution is 6.30. The molecule has 0 heterocycles. The first kappa shape index (κ1) is 15.5. The summed E-state index contributed by atoms with van der Waals surface area (Å²) in [5.41, 5.74) is 1.02. The Bertz CT molecular complexity index is 368. The van der Waals surface area contributed by atoms with Gasteiger partial charge in [0.2, 0.25) is 0 Å². The van der Waals surface area contributed by atoms with Gasteiger partial charge < -0.3 is 5.32 Å². The standard InChI is InChI=1S/C15H23ClFN/c1-4-7-18-12(3)8-11(2)9-13-5-6-14(16)15(17)10-13/h5-6,10-12,18H,4,7-9H2,1-3H3. The first-order valence-electron chi connectivity index (χ1n) is 6.70. The molecule has 1 nitrogen and oxygen atoms in total. The zero-order chi connectivity index (χ0) is 13.5. The van der Waals surface area contributed by atoms with Crippen molar-refractivity contribution in [3.8, 4) is 0 Å². The lowest BCUT2D eigenvalue weighted by molar-refractivity contribution is 0.419. The highest BCUT2D eigenvalue weighted by Crippen LogP contribution is 2.19. The van der Waals surface area contributed by atoms with Gasteiger partial charge in [-0.15, -0.1) is 0 Å². The summed E-state index contributed by atoms with van der Waals surface area (Å²) in [5, 5.41) is 3.67. The van der Waals surface area contributed by atoms with Gasteiger partial charge in [0.05, 0.1) is 5.02 Å². The molecule has 2 atom stereocenters. The molecule has 1 rings (SSSR count). The molecule has 1 aromatic carbocycles. The lowest BCUT2D eigenvalue weighted by Crippen LogP contribution is -2.28. The molecule has 0 bridgehead atoms. The summed E-state index contributed by atoms with van der Waals surface area (Å²) >= 11 is 5.67. The topological polar surface area (TPSA) is 12.0 Å². The number of nitrogens with one attached hydrogen (secondary N) is 1. The Morgan fingerprint density at radius 2 is 2.06 bits per heavy atom. The van der Waals surface area contributed by atoms with Crippen molar-refractivity contribution < 1.29 is 4.39 Å². The molecule has 0 aliphatic heterocycles. The van der Waals surface area contributed by atoms with Gasteiger partial charge in [-0.25, -0.2) is 4.39 Å². The Hall–Kier alpha value is -0.600. The van der Waals surface area contributed by atoms with Gasteiger partial charge in [0.15, 0.2) is 0 Å². The number of halogens is 2. The van der Waals surface area contributed by atoms with E-state index >= 15 is 0 Å². The quantitative estimate of drug-likeness (QED) is 0.773. The first-order valence-corrected chi connectivity index (χ1v) is 7.08. The van der Waals surface area contributed by atoms with Crippen LogP contribution in [0.4, 0.5) is 4.39 Å². The van der Waals surface area contributed by atoms with Crippen molar-refractivity contribution in [2.24, 2.45) is 5.92 Å². The lowest BCUT2D eigenvalue weighted by Gasteiger charge is -2.18. The second-order valence-electron chi connectivity index (χ2n) is 5.15. The predicted molar refractivity (Wildman–Crippen MR) is 76.7 cm³/mol. The third-order valence-corrected chi connectivity index (χ3v) is 3.37. The third kappa shape index (κ3) is 5.36. The average Bonchev–Trinajstić information content (AvgIpc) is 2.31. The molecule has 3 heteroatoms. The minimum Gasteiger partial charge on any atom is -0.314 e. The van der Waals surface area contributed by atoms with E-state index in [9.17, 15) is 4.39 Å². The fraction of sp³-hybridized carbons (Fsp3) is 0.600. The Morgan fingerprint density at radius 3 is 2.67 bits per heavy atom. The van der Waals surface area contributed by atoms with Crippen LogP contribution in [0.1, 0.15) is 39.2 Å². The second kappa shape index (κ2) is 7.75. The van der Waals surface area contributed by atoms with Crippen molar-refractivity contribution in [3.63, 3.8) is 0 Å². The summed E-state index contributed by atoms with van der Waals surface area (Å²) < 4.78 is 13.3.